The van der Waals surface area contributed by atoms with Gasteiger partial charge in [-0.15, -0.1) is 0 Å². The van der Waals surface area contributed by atoms with Crippen LogP contribution in [0.25, 0.3) is 10.9 Å². The zero-order valence-electron chi connectivity index (χ0n) is 11.0. The average molecular weight is 318 g/mol. The van der Waals surface area contributed by atoms with Crippen LogP contribution < -0.4 is 16.0 Å². The van der Waals surface area contributed by atoms with Crippen molar-refractivity contribution in [1.29, 1.82) is 0 Å². The molecule has 2 heterocycles. The van der Waals surface area contributed by atoms with Gasteiger partial charge in [0.25, 0.3) is 15.6 Å². The van der Waals surface area contributed by atoms with Gasteiger partial charge in [0.2, 0.25) is 0 Å². The lowest BCUT2D eigenvalue weighted by Gasteiger charge is -2.08. The highest BCUT2D eigenvalue weighted by Crippen LogP contribution is 2.17. The van der Waals surface area contributed by atoms with E-state index >= 15 is 0 Å². The maximum atomic E-state index is 12.3. The van der Waals surface area contributed by atoms with Crippen LogP contribution in [0.2, 0.25) is 0 Å². The Morgan fingerprint density at radius 1 is 1.09 bits per heavy atom. The van der Waals surface area contributed by atoms with Gasteiger partial charge in [-0.05, 0) is 30.3 Å². The predicted octanol–water partition coefficient (Wildman–Crippen LogP) is 0.412. The highest BCUT2D eigenvalue weighted by Gasteiger charge is 2.15. The minimum absolute atomic E-state index is 0.0775. The fraction of sp³-hybridized carbons (Fsp3) is 0. The first-order valence-electron chi connectivity index (χ1n) is 6.15. The second-order valence-electron chi connectivity index (χ2n) is 4.46. The van der Waals surface area contributed by atoms with E-state index in [1.807, 2.05) is 4.98 Å². The summed E-state index contributed by atoms with van der Waals surface area (Å²) >= 11 is 0. The molecule has 0 unspecified atom stereocenters. The molecule has 3 rings (SSSR count). The van der Waals surface area contributed by atoms with Crippen LogP contribution in [0.1, 0.15) is 0 Å². The molecule has 22 heavy (non-hydrogen) atoms. The zero-order valence-corrected chi connectivity index (χ0v) is 11.8. The van der Waals surface area contributed by atoms with Gasteiger partial charge in [0.05, 0.1) is 27.7 Å². The van der Waals surface area contributed by atoms with E-state index in [0.29, 0.717) is 5.69 Å². The number of anilines is 1. The molecule has 3 N–H and O–H groups in total. The number of nitrogens with one attached hydrogen (secondary N) is 3. The molecule has 0 bridgehead atoms. The highest BCUT2D eigenvalue weighted by atomic mass is 32.2. The molecule has 3 aromatic rings. The van der Waals surface area contributed by atoms with Crippen molar-refractivity contribution in [3.8, 4) is 0 Å². The molecule has 0 atom stereocenters. The van der Waals surface area contributed by atoms with E-state index in [2.05, 4.69) is 14.7 Å². The summed E-state index contributed by atoms with van der Waals surface area (Å²) in [6.45, 7) is 0. The van der Waals surface area contributed by atoms with Crippen molar-refractivity contribution in [1.82, 2.24) is 15.0 Å². The predicted molar refractivity (Wildman–Crippen MR) is 80.2 cm³/mol. The molecule has 1 aromatic carbocycles. The van der Waals surface area contributed by atoms with Crippen molar-refractivity contribution in [2.45, 2.75) is 4.90 Å². The van der Waals surface area contributed by atoms with Crippen molar-refractivity contribution in [2.75, 3.05) is 4.72 Å². The van der Waals surface area contributed by atoms with Crippen molar-refractivity contribution >= 4 is 26.6 Å². The van der Waals surface area contributed by atoms with E-state index in [9.17, 15) is 18.0 Å². The maximum absolute atomic E-state index is 12.3. The number of aromatic amines is 2. The molecule has 0 amide bonds. The lowest BCUT2D eigenvalue weighted by Crippen LogP contribution is -2.22. The Kier molecular flexibility index (Phi) is 3.26. The van der Waals surface area contributed by atoms with Crippen LogP contribution in [0, 0.1) is 0 Å². The second kappa shape index (κ2) is 5.11. The Morgan fingerprint density at radius 3 is 2.64 bits per heavy atom. The lowest BCUT2D eigenvalue weighted by molar-refractivity contribution is 0.601. The van der Waals surface area contributed by atoms with Gasteiger partial charge >= 0.3 is 5.69 Å². The van der Waals surface area contributed by atoms with Gasteiger partial charge in [-0.3, -0.25) is 19.5 Å². The van der Waals surface area contributed by atoms with E-state index < -0.39 is 21.3 Å². The van der Waals surface area contributed by atoms with E-state index in [-0.39, 0.29) is 15.8 Å². The fourth-order valence-corrected chi connectivity index (χ4v) is 3.02. The minimum Gasteiger partial charge on any atom is -0.307 e. The van der Waals surface area contributed by atoms with Crippen molar-refractivity contribution < 1.29 is 8.42 Å². The van der Waals surface area contributed by atoms with E-state index in [0.717, 1.165) is 0 Å². The molecule has 112 valence electrons. The lowest BCUT2D eigenvalue weighted by atomic mass is 10.2. The Labute approximate surface area is 123 Å². The SMILES string of the molecule is O=c1[nH]c(=O)c2cc(S(=O)(=O)Nc3cccnc3)ccc2[nH]1. The molecule has 0 spiro atoms. The van der Waals surface area contributed by atoms with Gasteiger partial charge in [-0.25, -0.2) is 13.2 Å². The first-order chi connectivity index (χ1) is 10.5. The third kappa shape index (κ3) is 2.61. The van der Waals surface area contributed by atoms with E-state index in [4.69, 9.17) is 0 Å². The van der Waals surface area contributed by atoms with Crippen LogP contribution in [0.5, 0.6) is 0 Å². The third-order valence-electron chi connectivity index (χ3n) is 2.93. The zero-order chi connectivity index (χ0) is 15.7. The number of sulfonamides is 1. The second-order valence-corrected chi connectivity index (χ2v) is 6.15. The van der Waals surface area contributed by atoms with Gasteiger partial charge in [0.15, 0.2) is 0 Å². The number of pyridine rings is 1. The van der Waals surface area contributed by atoms with E-state index in [1.165, 1.54) is 30.6 Å². The Balaban J connectivity index is 2.10. The van der Waals surface area contributed by atoms with Crippen molar-refractivity contribution in [2.24, 2.45) is 0 Å². The fourth-order valence-electron chi connectivity index (χ4n) is 1.95. The topological polar surface area (TPSA) is 125 Å². The minimum atomic E-state index is -3.87. The number of H-pyrrole nitrogens is 2. The number of benzene rings is 1. The van der Waals surface area contributed by atoms with Gasteiger partial charge in [0, 0.05) is 6.20 Å². The number of nitrogens with zero attached hydrogens (tertiary/aromatic N) is 1. The summed E-state index contributed by atoms with van der Waals surface area (Å²) in [6.07, 6.45) is 2.88. The van der Waals surface area contributed by atoms with Crippen molar-refractivity contribution in [3.63, 3.8) is 0 Å². The standard InChI is InChI=1S/C13H10N4O4S/c18-12-10-6-9(3-4-11(10)15-13(19)16-12)22(20,21)17-8-2-1-5-14-7-8/h1-7,17H,(H2,15,16,18,19). The molecule has 0 radical (unpaired) electrons. The quantitative estimate of drug-likeness (QED) is 0.645. The van der Waals surface area contributed by atoms with Gasteiger partial charge in [-0.1, -0.05) is 0 Å². The number of aromatic nitrogens is 3. The Bertz CT molecular complexity index is 1050. The Hall–Kier alpha value is -2.94. The molecule has 0 saturated carbocycles. The molecule has 8 nitrogen and oxygen atoms in total. The van der Waals surface area contributed by atoms with Crippen LogP contribution in [-0.2, 0) is 10.0 Å². The first-order valence-corrected chi connectivity index (χ1v) is 7.63. The van der Waals surface area contributed by atoms with Crippen LogP contribution in [0.4, 0.5) is 5.69 Å². The molecular formula is C13H10N4O4S. The van der Waals surface area contributed by atoms with Crippen LogP contribution in [0.3, 0.4) is 0 Å². The molecule has 0 aliphatic rings. The molecule has 9 heteroatoms. The summed E-state index contributed by atoms with van der Waals surface area (Å²) in [5.41, 5.74) is -0.745. The van der Waals surface area contributed by atoms with Crippen molar-refractivity contribution in [3.05, 3.63) is 63.6 Å². The number of hydrogen-bond acceptors (Lipinski definition) is 5. The Morgan fingerprint density at radius 2 is 1.91 bits per heavy atom. The number of fused-ring (bicyclic) bond motifs is 1. The molecule has 0 fully saturated rings. The molecule has 0 aliphatic heterocycles. The van der Waals surface area contributed by atoms with Crippen LogP contribution >= 0.6 is 0 Å². The normalized spacial score (nSPS) is 11.5. The summed E-state index contributed by atoms with van der Waals surface area (Å²) in [4.78, 5) is 31.1. The monoisotopic (exact) mass is 318 g/mol. The summed E-state index contributed by atoms with van der Waals surface area (Å²) in [5.74, 6) is 0. The summed E-state index contributed by atoms with van der Waals surface area (Å²) in [5, 5.41) is 0.0775. The maximum Gasteiger partial charge on any atom is 0.326 e. The number of rotatable bonds is 3. The summed E-state index contributed by atoms with van der Waals surface area (Å²) < 4.78 is 27.0. The largest absolute Gasteiger partial charge is 0.326 e. The van der Waals surface area contributed by atoms with Gasteiger partial charge in [-0.2, -0.15) is 0 Å². The number of hydrogen-bond donors (Lipinski definition) is 3. The smallest absolute Gasteiger partial charge is 0.307 e. The first kappa shape index (κ1) is 14.0. The summed E-state index contributed by atoms with van der Waals surface area (Å²) in [7, 11) is -3.87. The highest BCUT2D eigenvalue weighted by molar-refractivity contribution is 7.92. The third-order valence-corrected chi connectivity index (χ3v) is 4.31. The molecule has 2 aromatic heterocycles. The van der Waals surface area contributed by atoms with Crippen LogP contribution in [0.15, 0.2) is 57.2 Å². The average Bonchev–Trinajstić information content (AvgIpc) is 2.47. The van der Waals surface area contributed by atoms with Crippen LogP contribution in [-0.4, -0.2) is 23.4 Å². The molecular weight excluding hydrogens is 308 g/mol. The molecule has 0 aliphatic carbocycles. The van der Waals surface area contributed by atoms with E-state index in [1.54, 1.807) is 12.1 Å². The van der Waals surface area contributed by atoms with Gasteiger partial charge < -0.3 is 4.98 Å². The molecule has 0 saturated heterocycles. The summed E-state index contributed by atoms with van der Waals surface area (Å²) in [6, 6.07) is 7.01. The van der Waals surface area contributed by atoms with Gasteiger partial charge in [0.1, 0.15) is 0 Å².